The van der Waals surface area contributed by atoms with Crippen LogP contribution < -0.4 is 5.32 Å². The van der Waals surface area contributed by atoms with Gasteiger partial charge in [0.2, 0.25) is 5.91 Å². The number of hydrogen-bond donors (Lipinski definition) is 1. The number of hydrogen-bond acceptors (Lipinski definition) is 3. The van der Waals surface area contributed by atoms with Crippen molar-refractivity contribution in [1.82, 2.24) is 9.55 Å². The zero-order valence-electron chi connectivity index (χ0n) is 13.1. The molecule has 7 heteroatoms. The maximum absolute atomic E-state index is 12.4. The van der Waals surface area contributed by atoms with Crippen molar-refractivity contribution in [2.75, 3.05) is 5.32 Å². The Morgan fingerprint density at radius 2 is 2.00 bits per heavy atom. The lowest BCUT2D eigenvalue weighted by Gasteiger charge is -2.13. The number of aromatic nitrogens is 2. The summed E-state index contributed by atoms with van der Waals surface area (Å²) in [5.74, 6) is -0.156. The minimum atomic E-state index is -0.337. The number of carbonyl (C=O) groups excluding carboxylic acids is 1. The third kappa shape index (κ3) is 3.53. The largest absolute Gasteiger partial charge is 0.324 e. The molecule has 2 aromatic carbocycles. The van der Waals surface area contributed by atoms with Crippen LogP contribution >= 0.6 is 35.0 Å². The van der Waals surface area contributed by atoms with Gasteiger partial charge < -0.3 is 9.88 Å². The van der Waals surface area contributed by atoms with Gasteiger partial charge in [0.1, 0.15) is 0 Å². The molecular weight excluding hydrogens is 365 g/mol. The highest BCUT2D eigenvalue weighted by Gasteiger charge is 2.19. The van der Waals surface area contributed by atoms with Gasteiger partial charge in [-0.3, -0.25) is 4.79 Å². The zero-order chi connectivity index (χ0) is 17.3. The summed E-state index contributed by atoms with van der Waals surface area (Å²) in [6.07, 6.45) is 0. The number of thioether (sulfide) groups is 1. The van der Waals surface area contributed by atoms with E-state index in [1.165, 1.54) is 11.8 Å². The average Bonchev–Trinajstić information content (AvgIpc) is 2.87. The van der Waals surface area contributed by atoms with Crippen molar-refractivity contribution in [3.8, 4) is 0 Å². The van der Waals surface area contributed by atoms with Crippen molar-refractivity contribution in [1.29, 1.82) is 0 Å². The van der Waals surface area contributed by atoms with Crippen molar-refractivity contribution in [3.63, 3.8) is 0 Å². The number of fused-ring (bicyclic) bond motifs is 1. The van der Waals surface area contributed by atoms with E-state index in [4.69, 9.17) is 23.2 Å². The normalized spacial score (nSPS) is 12.3. The molecule has 1 aromatic heterocycles. The van der Waals surface area contributed by atoms with Crippen molar-refractivity contribution >= 4 is 57.6 Å². The minimum absolute atomic E-state index is 0.156. The fourth-order valence-corrected chi connectivity index (χ4v) is 3.49. The Balaban J connectivity index is 1.76. The first-order chi connectivity index (χ1) is 11.5. The Labute approximate surface area is 154 Å². The first-order valence-electron chi connectivity index (χ1n) is 7.29. The number of aryl methyl sites for hydroxylation is 1. The van der Waals surface area contributed by atoms with Crippen LogP contribution in [0, 0.1) is 0 Å². The number of carbonyl (C=O) groups is 1. The van der Waals surface area contributed by atoms with Gasteiger partial charge in [-0.15, -0.1) is 0 Å². The number of halogens is 2. The number of nitrogens with zero attached hydrogens (tertiary/aromatic N) is 2. The Bertz CT molecular complexity index is 910. The summed E-state index contributed by atoms with van der Waals surface area (Å²) in [6.45, 7) is 1.83. The van der Waals surface area contributed by atoms with Crippen LogP contribution in [0.2, 0.25) is 10.0 Å². The molecule has 1 heterocycles. The Morgan fingerprint density at radius 3 is 2.75 bits per heavy atom. The van der Waals surface area contributed by atoms with Crippen molar-refractivity contribution in [2.24, 2.45) is 7.05 Å². The molecule has 0 aliphatic heterocycles. The second-order valence-corrected chi connectivity index (χ2v) is 7.47. The Morgan fingerprint density at radius 1 is 1.25 bits per heavy atom. The number of para-hydroxylation sites is 2. The summed E-state index contributed by atoms with van der Waals surface area (Å²) >= 11 is 13.4. The zero-order valence-corrected chi connectivity index (χ0v) is 15.4. The monoisotopic (exact) mass is 379 g/mol. The van der Waals surface area contributed by atoms with Gasteiger partial charge in [0, 0.05) is 12.1 Å². The first kappa shape index (κ1) is 17.1. The highest BCUT2D eigenvalue weighted by Crippen LogP contribution is 2.29. The fourth-order valence-electron chi connectivity index (χ4n) is 2.27. The van der Waals surface area contributed by atoms with E-state index >= 15 is 0 Å². The topological polar surface area (TPSA) is 46.9 Å². The highest BCUT2D eigenvalue weighted by atomic mass is 35.5. The van der Waals surface area contributed by atoms with Crippen LogP contribution in [0.5, 0.6) is 0 Å². The van der Waals surface area contributed by atoms with E-state index in [1.54, 1.807) is 18.2 Å². The molecule has 0 spiro atoms. The quantitative estimate of drug-likeness (QED) is 0.648. The van der Waals surface area contributed by atoms with E-state index in [-0.39, 0.29) is 11.2 Å². The van der Waals surface area contributed by atoms with Gasteiger partial charge in [-0.05, 0) is 37.3 Å². The molecule has 0 radical (unpaired) electrons. The average molecular weight is 380 g/mol. The first-order valence-corrected chi connectivity index (χ1v) is 8.93. The van der Waals surface area contributed by atoms with Crippen molar-refractivity contribution in [3.05, 3.63) is 52.5 Å². The number of anilines is 1. The van der Waals surface area contributed by atoms with Crippen LogP contribution in [-0.4, -0.2) is 20.7 Å². The van der Waals surface area contributed by atoms with Gasteiger partial charge in [-0.25, -0.2) is 4.98 Å². The van der Waals surface area contributed by atoms with Gasteiger partial charge in [0.05, 0.1) is 27.0 Å². The molecule has 3 rings (SSSR count). The molecule has 1 amide bonds. The molecule has 124 valence electrons. The highest BCUT2D eigenvalue weighted by molar-refractivity contribution is 8.00. The predicted octanol–water partition coefficient (Wildman–Crippen LogP) is 5.00. The third-order valence-corrected chi connectivity index (χ3v) is 5.29. The smallest absolute Gasteiger partial charge is 0.237 e. The predicted molar refractivity (Wildman–Crippen MR) is 101 cm³/mol. The van der Waals surface area contributed by atoms with E-state index in [1.807, 2.05) is 42.8 Å². The Kier molecular flexibility index (Phi) is 5.04. The second-order valence-electron chi connectivity index (χ2n) is 5.32. The van der Waals surface area contributed by atoms with Crippen molar-refractivity contribution < 1.29 is 4.79 Å². The maximum atomic E-state index is 12.4. The number of amides is 1. The van der Waals surface area contributed by atoms with Crippen LogP contribution in [0.3, 0.4) is 0 Å². The molecule has 4 nitrogen and oxygen atoms in total. The molecule has 1 N–H and O–H groups in total. The molecule has 0 saturated carbocycles. The maximum Gasteiger partial charge on any atom is 0.237 e. The molecule has 0 fully saturated rings. The number of rotatable bonds is 4. The summed E-state index contributed by atoms with van der Waals surface area (Å²) in [4.78, 5) is 17.0. The number of benzene rings is 2. The van der Waals surface area contributed by atoms with Gasteiger partial charge in [-0.2, -0.15) is 0 Å². The van der Waals surface area contributed by atoms with Gasteiger partial charge in [-0.1, -0.05) is 47.1 Å². The third-order valence-electron chi connectivity index (χ3n) is 3.58. The number of imidazole rings is 1. The molecule has 0 unspecified atom stereocenters. The molecular formula is C17H15Cl2N3OS. The SMILES string of the molecule is C[C@@H](Sc1nc2ccccc2n1C)C(=O)Nc1cc(Cl)ccc1Cl. The van der Waals surface area contributed by atoms with Crippen LogP contribution in [-0.2, 0) is 11.8 Å². The lowest BCUT2D eigenvalue weighted by atomic mass is 10.3. The van der Waals surface area contributed by atoms with Crippen LogP contribution in [0.1, 0.15) is 6.92 Å². The molecule has 1 atom stereocenters. The van der Waals surface area contributed by atoms with Gasteiger partial charge >= 0.3 is 0 Å². The summed E-state index contributed by atoms with van der Waals surface area (Å²) in [6, 6.07) is 12.8. The Hall–Kier alpha value is -1.69. The molecule has 0 aliphatic rings. The lowest BCUT2D eigenvalue weighted by Crippen LogP contribution is -2.23. The molecule has 0 bridgehead atoms. The summed E-state index contributed by atoms with van der Waals surface area (Å²) in [5.41, 5.74) is 2.45. The van der Waals surface area contributed by atoms with E-state index in [9.17, 15) is 4.79 Å². The van der Waals surface area contributed by atoms with Crippen LogP contribution in [0.15, 0.2) is 47.6 Å². The van der Waals surface area contributed by atoms with E-state index in [2.05, 4.69) is 10.3 Å². The van der Waals surface area contributed by atoms with Crippen LogP contribution in [0.4, 0.5) is 5.69 Å². The minimum Gasteiger partial charge on any atom is -0.324 e. The lowest BCUT2D eigenvalue weighted by molar-refractivity contribution is -0.115. The summed E-state index contributed by atoms with van der Waals surface area (Å²) in [5, 5.41) is 4.23. The van der Waals surface area contributed by atoms with Gasteiger partial charge in [0.15, 0.2) is 5.16 Å². The van der Waals surface area contributed by atoms with Gasteiger partial charge in [0.25, 0.3) is 0 Å². The van der Waals surface area contributed by atoms with Crippen molar-refractivity contribution in [2.45, 2.75) is 17.3 Å². The summed E-state index contributed by atoms with van der Waals surface area (Å²) in [7, 11) is 1.94. The molecule has 0 saturated heterocycles. The molecule has 3 aromatic rings. The number of nitrogens with one attached hydrogen (secondary N) is 1. The fraction of sp³-hybridized carbons (Fsp3) is 0.176. The van der Waals surface area contributed by atoms with E-state index in [0.717, 1.165) is 16.2 Å². The standard InChI is InChI=1S/C17H15Cl2N3OS/c1-10(16(23)20-14-9-11(18)7-8-12(14)19)24-17-21-13-5-3-4-6-15(13)22(17)2/h3-10H,1-2H3,(H,20,23)/t10-/m1/s1. The van der Waals surface area contributed by atoms with E-state index in [0.29, 0.717) is 15.7 Å². The molecule has 24 heavy (non-hydrogen) atoms. The van der Waals surface area contributed by atoms with Crippen LogP contribution in [0.25, 0.3) is 11.0 Å². The second kappa shape index (κ2) is 7.05. The van der Waals surface area contributed by atoms with E-state index < -0.39 is 0 Å². The molecule has 0 aliphatic carbocycles. The summed E-state index contributed by atoms with van der Waals surface area (Å²) < 4.78 is 1.98.